The summed E-state index contributed by atoms with van der Waals surface area (Å²) in [7, 11) is 0. The summed E-state index contributed by atoms with van der Waals surface area (Å²) in [6.07, 6.45) is 4.07. The first-order valence-electron chi connectivity index (χ1n) is 10.9. The minimum absolute atomic E-state index is 0.156. The monoisotopic (exact) mass is 398 g/mol. The molecule has 2 amide bonds. The minimum atomic E-state index is -0.156. The van der Waals surface area contributed by atoms with Crippen LogP contribution in [-0.2, 0) is 13.0 Å². The van der Waals surface area contributed by atoms with Gasteiger partial charge in [0.05, 0.1) is 0 Å². The summed E-state index contributed by atoms with van der Waals surface area (Å²) in [6, 6.07) is 20.1. The average molecular weight is 399 g/mol. The Balaban J connectivity index is 1.16. The van der Waals surface area contributed by atoms with E-state index in [1.165, 1.54) is 16.0 Å². The van der Waals surface area contributed by atoms with Crippen molar-refractivity contribution in [2.45, 2.75) is 32.2 Å². The Kier molecular flexibility index (Phi) is 5.09. The van der Waals surface area contributed by atoms with Gasteiger partial charge in [0, 0.05) is 36.1 Å². The van der Waals surface area contributed by atoms with Crippen LogP contribution in [0.4, 0.5) is 0 Å². The predicted molar refractivity (Wildman–Crippen MR) is 119 cm³/mol. The Morgan fingerprint density at radius 2 is 1.37 bits per heavy atom. The van der Waals surface area contributed by atoms with E-state index in [2.05, 4.69) is 29.2 Å². The van der Waals surface area contributed by atoms with E-state index in [9.17, 15) is 9.59 Å². The van der Waals surface area contributed by atoms with Crippen molar-refractivity contribution in [1.29, 1.82) is 0 Å². The zero-order valence-electron chi connectivity index (χ0n) is 17.1. The second-order valence-electron chi connectivity index (χ2n) is 8.33. The molecule has 0 fully saturated rings. The van der Waals surface area contributed by atoms with E-state index in [0.717, 1.165) is 56.1 Å². The van der Waals surface area contributed by atoms with Crippen LogP contribution in [0.5, 0.6) is 0 Å². The van der Waals surface area contributed by atoms with Crippen LogP contribution in [0.25, 0.3) is 10.8 Å². The highest BCUT2D eigenvalue weighted by Crippen LogP contribution is 2.30. The highest BCUT2D eigenvalue weighted by molar-refractivity contribution is 6.25. The van der Waals surface area contributed by atoms with Crippen molar-refractivity contribution in [1.82, 2.24) is 9.80 Å². The number of carbonyl (C=O) groups is 2. The lowest BCUT2D eigenvalue weighted by atomic mass is 9.94. The van der Waals surface area contributed by atoms with Crippen molar-refractivity contribution in [3.05, 3.63) is 82.9 Å². The Hall–Kier alpha value is -2.98. The maximum absolute atomic E-state index is 12.9. The van der Waals surface area contributed by atoms with Gasteiger partial charge in [-0.15, -0.1) is 0 Å². The maximum Gasteiger partial charge on any atom is 0.261 e. The summed E-state index contributed by atoms with van der Waals surface area (Å²) in [6.45, 7) is 3.70. The SMILES string of the molecule is O=C1c2cccc3cccc(c23)C(=O)N1CCCCCN1CCc2ccccc2C1. The Morgan fingerprint density at radius 1 is 0.700 bits per heavy atom. The predicted octanol–water partition coefficient (Wildman–Crippen LogP) is 4.66. The van der Waals surface area contributed by atoms with Gasteiger partial charge in [0.2, 0.25) is 0 Å². The van der Waals surface area contributed by atoms with Crippen molar-refractivity contribution in [2.75, 3.05) is 19.6 Å². The topological polar surface area (TPSA) is 40.6 Å². The lowest BCUT2D eigenvalue weighted by Gasteiger charge is -2.29. The van der Waals surface area contributed by atoms with Crippen LogP contribution in [0, 0.1) is 0 Å². The van der Waals surface area contributed by atoms with E-state index in [0.29, 0.717) is 17.7 Å². The van der Waals surface area contributed by atoms with Crippen LogP contribution in [0.2, 0.25) is 0 Å². The van der Waals surface area contributed by atoms with Crippen LogP contribution in [0.3, 0.4) is 0 Å². The first kappa shape index (κ1) is 19.0. The average Bonchev–Trinajstić information content (AvgIpc) is 2.79. The second-order valence-corrected chi connectivity index (χ2v) is 8.33. The molecule has 0 bridgehead atoms. The first-order chi connectivity index (χ1) is 14.7. The fourth-order valence-electron chi connectivity index (χ4n) is 4.81. The van der Waals surface area contributed by atoms with E-state index in [-0.39, 0.29) is 11.8 Å². The molecule has 2 heterocycles. The first-order valence-corrected chi connectivity index (χ1v) is 10.9. The quantitative estimate of drug-likeness (QED) is 0.448. The number of benzene rings is 3. The van der Waals surface area contributed by atoms with Gasteiger partial charge in [-0.05, 0) is 54.5 Å². The molecule has 4 nitrogen and oxygen atoms in total. The molecular formula is C26H26N2O2. The van der Waals surface area contributed by atoms with Crippen molar-refractivity contribution < 1.29 is 9.59 Å². The van der Waals surface area contributed by atoms with Gasteiger partial charge in [-0.3, -0.25) is 19.4 Å². The molecule has 0 saturated heterocycles. The van der Waals surface area contributed by atoms with Gasteiger partial charge >= 0.3 is 0 Å². The molecule has 0 aliphatic carbocycles. The molecule has 0 spiro atoms. The summed E-state index contributed by atoms with van der Waals surface area (Å²) in [5.41, 5.74) is 4.22. The molecule has 30 heavy (non-hydrogen) atoms. The summed E-state index contributed by atoms with van der Waals surface area (Å²) in [4.78, 5) is 29.8. The van der Waals surface area contributed by atoms with Crippen LogP contribution in [0.1, 0.15) is 51.1 Å². The number of rotatable bonds is 6. The Labute approximate surface area is 177 Å². The molecule has 0 atom stereocenters. The van der Waals surface area contributed by atoms with E-state index >= 15 is 0 Å². The molecule has 0 aromatic heterocycles. The van der Waals surface area contributed by atoms with Crippen molar-refractivity contribution in [2.24, 2.45) is 0 Å². The van der Waals surface area contributed by atoms with Crippen molar-refractivity contribution >= 4 is 22.6 Å². The Morgan fingerprint density at radius 3 is 2.10 bits per heavy atom. The fourth-order valence-corrected chi connectivity index (χ4v) is 4.81. The third kappa shape index (κ3) is 3.41. The van der Waals surface area contributed by atoms with Gasteiger partial charge < -0.3 is 0 Å². The summed E-state index contributed by atoms with van der Waals surface area (Å²) < 4.78 is 0. The molecule has 0 unspecified atom stereocenters. The zero-order chi connectivity index (χ0) is 20.5. The molecule has 152 valence electrons. The van der Waals surface area contributed by atoms with E-state index < -0.39 is 0 Å². The van der Waals surface area contributed by atoms with Gasteiger partial charge in [-0.2, -0.15) is 0 Å². The van der Waals surface area contributed by atoms with Gasteiger partial charge in [-0.25, -0.2) is 0 Å². The van der Waals surface area contributed by atoms with Crippen LogP contribution in [0.15, 0.2) is 60.7 Å². The fraction of sp³-hybridized carbons (Fsp3) is 0.308. The second kappa shape index (κ2) is 8.04. The third-order valence-corrected chi connectivity index (χ3v) is 6.42. The van der Waals surface area contributed by atoms with E-state index in [4.69, 9.17) is 0 Å². The summed E-state index contributed by atoms with van der Waals surface area (Å²) >= 11 is 0. The number of unbranched alkanes of at least 4 members (excludes halogenated alkanes) is 2. The molecule has 0 N–H and O–H groups in total. The number of nitrogens with zero attached hydrogens (tertiary/aromatic N) is 2. The molecule has 4 heteroatoms. The van der Waals surface area contributed by atoms with Crippen molar-refractivity contribution in [3.8, 4) is 0 Å². The number of amides is 2. The highest BCUT2D eigenvalue weighted by Gasteiger charge is 2.32. The largest absolute Gasteiger partial charge is 0.299 e. The lowest BCUT2D eigenvalue weighted by Crippen LogP contribution is -2.40. The molecule has 5 rings (SSSR count). The standard InChI is InChI=1S/C26H26N2O2/c29-25-22-12-6-10-20-11-7-13-23(24(20)22)26(30)28(25)16-5-1-4-15-27-17-14-19-8-2-3-9-21(19)18-27/h2-3,6-13H,1,4-5,14-18H2. The third-order valence-electron chi connectivity index (χ3n) is 6.42. The van der Waals surface area contributed by atoms with Crippen LogP contribution in [-0.4, -0.2) is 41.2 Å². The molecule has 3 aromatic rings. The van der Waals surface area contributed by atoms with Crippen LogP contribution >= 0.6 is 0 Å². The molecule has 2 aliphatic rings. The van der Waals surface area contributed by atoms with Gasteiger partial charge in [0.15, 0.2) is 0 Å². The number of carbonyl (C=O) groups excluding carboxylic acids is 2. The number of hydrogen-bond acceptors (Lipinski definition) is 3. The highest BCUT2D eigenvalue weighted by atomic mass is 16.2. The minimum Gasteiger partial charge on any atom is -0.299 e. The molecule has 0 radical (unpaired) electrons. The summed E-state index contributed by atoms with van der Waals surface area (Å²) in [5.74, 6) is -0.311. The van der Waals surface area contributed by atoms with Gasteiger partial charge in [0.25, 0.3) is 11.8 Å². The van der Waals surface area contributed by atoms with E-state index in [1.54, 1.807) is 0 Å². The normalized spacial score (nSPS) is 16.2. The maximum atomic E-state index is 12.9. The Bertz CT molecular complexity index is 1070. The van der Waals surface area contributed by atoms with E-state index in [1.807, 2.05) is 36.4 Å². The lowest BCUT2D eigenvalue weighted by molar-refractivity contribution is 0.0607. The van der Waals surface area contributed by atoms with Crippen molar-refractivity contribution in [3.63, 3.8) is 0 Å². The molecule has 3 aromatic carbocycles. The number of fused-ring (bicyclic) bond motifs is 1. The smallest absolute Gasteiger partial charge is 0.261 e. The molecule has 2 aliphatic heterocycles. The zero-order valence-corrected chi connectivity index (χ0v) is 17.1. The van der Waals surface area contributed by atoms with Gasteiger partial charge in [0.1, 0.15) is 0 Å². The number of hydrogen-bond donors (Lipinski definition) is 0. The molecule has 0 saturated carbocycles. The summed E-state index contributed by atoms with van der Waals surface area (Å²) in [5, 5.41) is 1.76. The van der Waals surface area contributed by atoms with Crippen LogP contribution < -0.4 is 0 Å². The number of imide groups is 1. The van der Waals surface area contributed by atoms with Gasteiger partial charge in [-0.1, -0.05) is 55.0 Å². The molecular weight excluding hydrogens is 372 g/mol.